The van der Waals surface area contributed by atoms with Crippen molar-refractivity contribution in [3.05, 3.63) is 35.1 Å². The molecule has 1 aromatic carbocycles. The lowest BCUT2D eigenvalue weighted by atomic mass is 10.1. The molecule has 5 heteroatoms. The zero-order chi connectivity index (χ0) is 13.7. The zero-order valence-corrected chi connectivity index (χ0v) is 10.6. The lowest BCUT2D eigenvalue weighted by molar-refractivity contribution is 0.411. The molecule has 2 nitrogen and oxygen atoms in total. The molecule has 0 aliphatic carbocycles. The number of amidine groups is 1. The smallest absolute Gasteiger partial charge is 0.169 e. The predicted octanol–water partition coefficient (Wildman–Crippen LogP) is 3.55. The molecule has 0 atom stereocenters. The SMILES string of the molecule is CCCN(CCC)C(=N)c1cc(F)cc(F)c1F. The highest BCUT2D eigenvalue weighted by molar-refractivity contribution is 5.96. The number of nitrogens with zero attached hydrogens (tertiary/aromatic N) is 1. The number of rotatable bonds is 5. The van der Waals surface area contributed by atoms with Crippen molar-refractivity contribution in [2.24, 2.45) is 0 Å². The van der Waals surface area contributed by atoms with Crippen molar-refractivity contribution in [1.82, 2.24) is 4.90 Å². The van der Waals surface area contributed by atoms with Crippen LogP contribution in [-0.2, 0) is 0 Å². The molecule has 0 fully saturated rings. The summed E-state index contributed by atoms with van der Waals surface area (Å²) in [6.45, 7) is 4.98. The van der Waals surface area contributed by atoms with Crippen LogP contribution in [0.5, 0.6) is 0 Å². The minimum Gasteiger partial charge on any atom is -0.357 e. The second-order valence-corrected chi connectivity index (χ2v) is 4.08. The largest absolute Gasteiger partial charge is 0.357 e. The van der Waals surface area contributed by atoms with E-state index in [1.165, 1.54) is 0 Å². The van der Waals surface area contributed by atoms with Gasteiger partial charge in [0, 0.05) is 19.2 Å². The molecule has 0 heterocycles. The van der Waals surface area contributed by atoms with Gasteiger partial charge in [-0.3, -0.25) is 5.41 Å². The van der Waals surface area contributed by atoms with E-state index in [2.05, 4.69) is 0 Å². The van der Waals surface area contributed by atoms with Gasteiger partial charge >= 0.3 is 0 Å². The van der Waals surface area contributed by atoms with Gasteiger partial charge in [0.25, 0.3) is 0 Å². The number of hydrogen-bond acceptors (Lipinski definition) is 1. The maximum absolute atomic E-state index is 13.6. The third-order valence-corrected chi connectivity index (χ3v) is 2.55. The van der Waals surface area contributed by atoms with Gasteiger partial charge in [0.1, 0.15) is 11.7 Å². The summed E-state index contributed by atoms with van der Waals surface area (Å²) in [5, 5.41) is 7.88. The van der Waals surface area contributed by atoms with Crippen LogP contribution in [0.3, 0.4) is 0 Å². The Bertz CT molecular complexity index is 426. The van der Waals surface area contributed by atoms with E-state index >= 15 is 0 Å². The van der Waals surface area contributed by atoms with Crippen molar-refractivity contribution in [3.63, 3.8) is 0 Å². The maximum atomic E-state index is 13.6. The summed E-state index contributed by atoms with van der Waals surface area (Å²) in [5.41, 5.74) is -0.325. The topological polar surface area (TPSA) is 27.1 Å². The Labute approximate surface area is 105 Å². The van der Waals surface area contributed by atoms with Gasteiger partial charge in [0.15, 0.2) is 11.6 Å². The highest BCUT2D eigenvalue weighted by atomic mass is 19.2. The normalized spacial score (nSPS) is 10.5. The fraction of sp³-hybridized carbons (Fsp3) is 0.462. The Morgan fingerprint density at radius 2 is 1.67 bits per heavy atom. The number of hydrogen-bond donors (Lipinski definition) is 1. The van der Waals surface area contributed by atoms with Crippen LogP contribution in [0.2, 0.25) is 0 Å². The summed E-state index contributed by atoms with van der Waals surface area (Å²) in [6, 6.07) is 1.34. The van der Waals surface area contributed by atoms with Crippen LogP contribution in [0.25, 0.3) is 0 Å². The number of nitrogens with one attached hydrogen (secondary N) is 1. The predicted molar refractivity (Wildman–Crippen MR) is 65.3 cm³/mol. The second-order valence-electron chi connectivity index (χ2n) is 4.08. The summed E-state index contributed by atoms with van der Waals surface area (Å²) in [6.07, 6.45) is 1.56. The molecule has 0 saturated carbocycles. The Morgan fingerprint density at radius 3 is 2.17 bits per heavy atom. The molecule has 0 unspecified atom stereocenters. The molecule has 0 bridgehead atoms. The molecule has 18 heavy (non-hydrogen) atoms. The molecule has 0 aliphatic rings. The fourth-order valence-electron chi connectivity index (χ4n) is 1.77. The minimum atomic E-state index is -1.26. The van der Waals surface area contributed by atoms with Crippen molar-refractivity contribution >= 4 is 5.84 Å². The molecule has 0 saturated heterocycles. The van der Waals surface area contributed by atoms with E-state index in [-0.39, 0.29) is 11.4 Å². The van der Waals surface area contributed by atoms with E-state index in [0.717, 1.165) is 18.9 Å². The van der Waals surface area contributed by atoms with Crippen LogP contribution in [0.15, 0.2) is 12.1 Å². The van der Waals surface area contributed by atoms with E-state index < -0.39 is 17.5 Å². The van der Waals surface area contributed by atoms with Crippen LogP contribution in [0.4, 0.5) is 13.2 Å². The average Bonchev–Trinajstić information content (AvgIpc) is 2.32. The lowest BCUT2D eigenvalue weighted by Gasteiger charge is -2.24. The van der Waals surface area contributed by atoms with Crippen LogP contribution in [0, 0.1) is 22.9 Å². The molecule has 0 amide bonds. The van der Waals surface area contributed by atoms with E-state index in [4.69, 9.17) is 5.41 Å². The third kappa shape index (κ3) is 3.24. The van der Waals surface area contributed by atoms with Gasteiger partial charge in [-0.05, 0) is 18.9 Å². The average molecular weight is 258 g/mol. The highest BCUT2D eigenvalue weighted by Gasteiger charge is 2.18. The van der Waals surface area contributed by atoms with E-state index in [9.17, 15) is 13.2 Å². The Kier molecular flexibility index (Phi) is 5.19. The first-order valence-corrected chi connectivity index (χ1v) is 5.99. The summed E-state index contributed by atoms with van der Waals surface area (Å²) in [4.78, 5) is 1.62. The first-order valence-electron chi connectivity index (χ1n) is 5.99. The van der Waals surface area contributed by atoms with Crippen LogP contribution >= 0.6 is 0 Å². The summed E-state index contributed by atoms with van der Waals surface area (Å²) in [5.74, 6) is -3.47. The van der Waals surface area contributed by atoms with Gasteiger partial charge in [-0.25, -0.2) is 13.2 Å². The van der Waals surface area contributed by atoms with Gasteiger partial charge in [-0.2, -0.15) is 0 Å². The molecule has 0 radical (unpaired) electrons. The molecule has 1 aromatic rings. The van der Waals surface area contributed by atoms with Crippen molar-refractivity contribution in [2.45, 2.75) is 26.7 Å². The molecule has 100 valence electrons. The van der Waals surface area contributed by atoms with Crippen LogP contribution in [0.1, 0.15) is 32.3 Å². The first kappa shape index (κ1) is 14.5. The quantitative estimate of drug-likeness (QED) is 0.488. The molecule has 0 spiro atoms. The van der Waals surface area contributed by atoms with Crippen molar-refractivity contribution in [1.29, 1.82) is 5.41 Å². The zero-order valence-electron chi connectivity index (χ0n) is 10.6. The van der Waals surface area contributed by atoms with Crippen molar-refractivity contribution in [2.75, 3.05) is 13.1 Å². The lowest BCUT2D eigenvalue weighted by Crippen LogP contribution is -2.33. The molecular formula is C13H17F3N2. The molecule has 0 aromatic heterocycles. The fourth-order valence-corrected chi connectivity index (χ4v) is 1.77. The molecular weight excluding hydrogens is 241 g/mol. The van der Waals surface area contributed by atoms with Crippen LogP contribution < -0.4 is 0 Å². The summed E-state index contributed by atoms with van der Waals surface area (Å²) < 4.78 is 39.8. The standard InChI is InChI=1S/C13H17F3N2/c1-3-5-18(6-4-2)13(17)10-7-9(14)8-11(15)12(10)16/h7-8,17H,3-6H2,1-2H3. The second kappa shape index (κ2) is 6.42. The van der Waals surface area contributed by atoms with Gasteiger partial charge in [0.2, 0.25) is 0 Å². The monoisotopic (exact) mass is 258 g/mol. The number of benzene rings is 1. The van der Waals surface area contributed by atoms with Gasteiger partial charge < -0.3 is 4.90 Å². The summed E-state index contributed by atoms with van der Waals surface area (Å²) >= 11 is 0. The molecule has 0 aliphatic heterocycles. The van der Waals surface area contributed by atoms with Crippen molar-refractivity contribution < 1.29 is 13.2 Å². The maximum Gasteiger partial charge on any atom is 0.169 e. The molecule has 1 N–H and O–H groups in total. The Hall–Kier alpha value is -1.52. The van der Waals surface area contributed by atoms with Crippen LogP contribution in [-0.4, -0.2) is 23.8 Å². The van der Waals surface area contributed by atoms with Gasteiger partial charge in [-0.15, -0.1) is 0 Å². The summed E-state index contributed by atoms with van der Waals surface area (Å²) in [7, 11) is 0. The third-order valence-electron chi connectivity index (χ3n) is 2.55. The molecule has 1 rings (SSSR count). The first-order chi connectivity index (χ1) is 8.51. The number of halogens is 3. The Morgan fingerprint density at radius 1 is 1.11 bits per heavy atom. The van der Waals surface area contributed by atoms with E-state index in [1.54, 1.807) is 4.90 Å². The highest BCUT2D eigenvalue weighted by Crippen LogP contribution is 2.16. The van der Waals surface area contributed by atoms with Crippen molar-refractivity contribution in [3.8, 4) is 0 Å². The van der Waals surface area contributed by atoms with E-state index in [0.29, 0.717) is 19.2 Å². The van der Waals surface area contributed by atoms with Gasteiger partial charge in [0.05, 0.1) is 5.56 Å². The Balaban J connectivity index is 3.07. The van der Waals surface area contributed by atoms with E-state index in [1.807, 2.05) is 13.8 Å². The minimum absolute atomic E-state index is 0.172. The van der Waals surface area contributed by atoms with Gasteiger partial charge in [-0.1, -0.05) is 13.8 Å².